The van der Waals surface area contributed by atoms with Crippen LogP contribution >= 0.6 is 11.6 Å². The van der Waals surface area contributed by atoms with Crippen LogP contribution < -0.4 is 11.1 Å². The number of benzene rings is 2. The third kappa shape index (κ3) is 6.12. The first-order chi connectivity index (χ1) is 12.0. The molecule has 0 radical (unpaired) electrons. The molecule has 25 heavy (non-hydrogen) atoms. The van der Waals surface area contributed by atoms with E-state index in [2.05, 4.69) is 5.32 Å². The molecule has 0 spiro atoms. The van der Waals surface area contributed by atoms with Crippen molar-refractivity contribution in [2.75, 3.05) is 12.3 Å². The van der Waals surface area contributed by atoms with E-state index in [-0.39, 0.29) is 29.8 Å². The molecule has 0 unspecified atom stereocenters. The Hall–Kier alpha value is -2.53. The SMILES string of the molecule is C[C@@H](CCc1ccccc1)NC(=O)COC(=O)c1cc(Cl)ccc1N. The van der Waals surface area contributed by atoms with Crippen molar-refractivity contribution < 1.29 is 14.3 Å². The molecule has 0 aliphatic carbocycles. The Morgan fingerprint density at radius 1 is 1.20 bits per heavy atom. The van der Waals surface area contributed by atoms with Crippen LogP contribution in [0.15, 0.2) is 48.5 Å². The van der Waals surface area contributed by atoms with Crippen LogP contribution in [0.2, 0.25) is 5.02 Å². The average Bonchev–Trinajstić information content (AvgIpc) is 2.61. The number of halogens is 1. The van der Waals surface area contributed by atoms with Gasteiger partial charge in [0.05, 0.1) is 5.56 Å². The molecule has 2 aromatic carbocycles. The van der Waals surface area contributed by atoms with Gasteiger partial charge in [0.2, 0.25) is 0 Å². The summed E-state index contributed by atoms with van der Waals surface area (Å²) in [5, 5.41) is 3.18. The van der Waals surface area contributed by atoms with Crippen LogP contribution in [0.3, 0.4) is 0 Å². The van der Waals surface area contributed by atoms with Gasteiger partial charge in [-0.15, -0.1) is 0 Å². The van der Waals surface area contributed by atoms with E-state index in [0.717, 1.165) is 12.8 Å². The fraction of sp³-hybridized carbons (Fsp3) is 0.263. The molecule has 0 aliphatic heterocycles. The average molecular weight is 361 g/mol. The first-order valence-electron chi connectivity index (χ1n) is 8.01. The highest BCUT2D eigenvalue weighted by Gasteiger charge is 2.15. The Morgan fingerprint density at radius 3 is 2.64 bits per heavy atom. The number of hydrogen-bond donors (Lipinski definition) is 2. The molecule has 2 rings (SSSR count). The predicted octanol–water partition coefficient (Wildman–Crippen LogP) is 3.22. The van der Waals surface area contributed by atoms with Gasteiger partial charge in [-0.25, -0.2) is 4.79 Å². The first-order valence-corrected chi connectivity index (χ1v) is 8.39. The van der Waals surface area contributed by atoms with Gasteiger partial charge >= 0.3 is 5.97 Å². The summed E-state index contributed by atoms with van der Waals surface area (Å²) in [7, 11) is 0. The molecule has 0 heterocycles. The van der Waals surface area contributed by atoms with Gasteiger partial charge in [0.25, 0.3) is 5.91 Å². The third-order valence-electron chi connectivity index (χ3n) is 3.69. The fourth-order valence-corrected chi connectivity index (χ4v) is 2.50. The predicted molar refractivity (Wildman–Crippen MR) is 98.5 cm³/mol. The highest BCUT2D eigenvalue weighted by molar-refractivity contribution is 6.31. The van der Waals surface area contributed by atoms with Gasteiger partial charge in [-0.1, -0.05) is 41.9 Å². The Bertz CT molecular complexity index is 735. The smallest absolute Gasteiger partial charge is 0.340 e. The number of ether oxygens (including phenoxy) is 1. The summed E-state index contributed by atoms with van der Waals surface area (Å²) in [6.45, 7) is 1.55. The van der Waals surface area contributed by atoms with Crippen molar-refractivity contribution in [2.45, 2.75) is 25.8 Å². The van der Waals surface area contributed by atoms with Gasteiger partial charge in [-0.3, -0.25) is 4.79 Å². The van der Waals surface area contributed by atoms with E-state index in [1.165, 1.54) is 17.7 Å². The highest BCUT2D eigenvalue weighted by atomic mass is 35.5. The largest absolute Gasteiger partial charge is 0.452 e. The summed E-state index contributed by atoms with van der Waals surface area (Å²) < 4.78 is 5.00. The summed E-state index contributed by atoms with van der Waals surface area (Å²) in [5.74, 6) is -1.03. The number of nitrogen functional groups attached to an aromatic ring is 1. The van der Waals surface area contributed by atoms with Gasteiger partial charge in [0.1, 0.15) is 0 Å². The molecule has 2 aromatic rings. The lowest BCUT2D eigenvalue weighted by atomic mass is 10.1. The molecule has 0 saturated heterocycles. The highest BCUT2D eigenvalue weighted by Crippen LogP contribution is 2.18. The molecule has 0 saturated carbocycles. The number of hydrogen-bond acceptors (Lipinski definition) is 4. The van der Waals surface area contributed by atoms with Crippen LogP contribution in [-0.4, -0.2) is 24.5 Å². The number of nitrogens with two attached hydrogens (primary N) is 1. The molecule has 0 aliphatic rings. The molecule has 5 nitrogen and oxygen atoms in total. The molecule has 1 amide bonds. The molecule has 132 valence electrons. The fourth-order valence-electron chi connectivity index (χ4n) is 2.33. The van der Waals surface area contributed by atoms with Crippen LogP contribution in [-0.2, 0) is 16.0 Å². The van der Waals surface area contributed by atoms with E-state index in [9.17, 15) is 9.59 Å². The molecule has 3 N–H and O–H groups in total. The molecular formula is C19H21ClN2O3. The van der Waals surface area contributed by atoms with Crippen molar-refractivity contribution in [3.63, 3.8) is 0 Å². The topological polar surface area (TPSA) is 81.4 Å². The molecular weight excluding hydrogens is 340 g/mol. The normalized spacial score (nSPS) is 11.6. The van der Waals surface area contributed by atoms with E-state index < -0.39 is 5.97 Å². The monoisotopic (exact) mass is 360 g/mol. The van der Waals surface area contributed by atoms with Crippen molar-refractivity contribution in [3.05, 3.63) is 64.7 Å². The zero-order valence-electron chi connectivity index (χ0n) is 14.0. The number of carbonyl (C=O) groups excluding carboxylic acids is 2. The van der Waals surface area contributed by atoms with E-state index in [0.29, 0.717) is 5.02 Å². The van der Waals surface area contributed by atoms with Crippen LogP contribution in [0.1, 0.15) is 29.3 Å². The molecule has 1 atom stereocenters. The first kappa shape index (κ1) is 18.8. The van der Waals surface area contributed by atoms with E-state index in [4.69, 9.17) is 22.1 Å². The zero-order valence-corrected chi connectivity index (χ0v) is 14.8. The van der Waals surface area contributed by atoms with Crippen LogP contribution in [0.5, 0.6) is 0 Å². The summed E-state index contributed by atoms with van der Waals surface area (Å²) in [6, 6.07) is 14.5. The number of nitrogens with one attached hydrogen (secondary N) is 1. The lowest BCUT2D eigenvalue weighted by Gasteiger charge is -2.14. The van der Waals surface area contributed by atoms with Crippen molar-refractivity contribution in [1.29, 1.82) is 0 Å². The number of esters is 1. The second-order valence-corrected chi connectivity index (χ2v) is 6.24. The molecule has 0 bridgehead atoms. The minimum atomic E-state index is -0.674. The maximum Gasteiger partial charge on any atom is 0.340 e. The Morgan fingerprint density at radius 2 is 1.92 bits per heavy atom. The van der Waals surface area contributed by atoms with Gasteiger partial charge in [-0.2, -0.15) is 0 Å². The zero-order chi connectivity index (χ0) is 18.2. The summed E-state index contributed by atoms with van der Waals surface area (Å²) in [4.78, 5) is 23.9. The van der Waals surface area contributed by atoms with Crippen molar-refractivity contribution in [2.24, 2.45) is 0 Å². The molecule has 0 aromatic heterocycles. The van der Waals surface area contributed by atoms with Crippen LogP contribution in [0.4, 0.5) is 5.69 Å². The molecule has 0 fully saturated rings. The minimum absolute atomic E-state index is 0.0253. The number of carbonyl (C=O) groups is 2. The van der Waals surface area contributed by atoms with Gasteiger partial charge in [0.15, 0.2) is 6.61 Å². The second-order valence-electron chi connectivity index (χ2n) is 5.80. The maximum atomic E-state index is 12.0. The Balaban J connectivity index is 1.76. The lowest BCUT2D eigenvalue weighted by molar-refractivity contribution is -0.124. The van der Waals surface area contributed by atoms with Gasteiger partial charge in [-0.05, 0) is 43.5 Å². The van der Waals surface area contributed by atoms with Gasteiger partial charge < -0.3 is 15.8 Å². The van der Waals surface area contributed by atoms with Crippen LogP contribution in [0.25, 0.3) is 0 Å². The van der Waals surface area contributed by atoms with E-state index in [1.807, 2.05) is 37.3 Å². The standard InChI is InChI=1S/C19H21ClN2O3/c1-13(7-8-14-5-3-2-4-6-14)22-18(23)12-25-19(24)16-11-15(20)9-10-17(16)21/h2-6,9-11,13H,7-8,12,21H2,1H3,(H,22,23)/t13-/m0/s1. The quantitative estimate of drug-likeness (QED) is 0.586. The third-order valence-corrected chi connectivity index (χ3v) is 3.92. The minimum Gasteiger partial charge on any atom is -0.452 e. The Kier molecular flexibility index (Phi) is 6.83. The van der Waals surface area contributed by atoms with E-state index in [1.54, 1.807) is 6.07 Å². The second kappa shape index (κ2) is 9.08. The van der Waals surface area contributed by atoms with Crippen molar-refractivity contribution in [1.82, 2.24) is 5.32 Å². The van der Waals surface area contributed by atoms with Gasteiger partial charge in [0, 0.05) is 16.8 Å². The summed E-state index contributed by atoms with van der Waals surface area (Å²) >= 11 is 5.84. The maximum absolute atomic E-state index is 12.0. The van der Waals surface area contributed by atoms with Crippen molar-refractivity contribution in [3.8, 4) is 0 Å². The number of amides is 1. The number of anilines is 1. The number of aryl methyl sites for hydroxylation is 1. The van der Waals surface area contributed by atoms with Crippen LogP contribution in [0, 0.1) is 0 Å². The lowest BCUT2D eigenvalue weighted by Crippen LogP contribution is -2.36. The molecule has 6 heteroatoms. The summed E-state index contributed by atoms with van der Waals surface area (Å²) in [6.07, 6.45) is 1.66. The number of rotatable bonds is 7. The summed E-state index contributed by atoms with van der Waals surface area (Å²) in [5.41, 5.74) is 7.33. The van der Waals surface area contributed by atoms with Crippen molar-refractivity contribution >= 4 is 29.2 Å². The Labute approximate surface area is 152 Å². The van der Waals surface area contributed by atoms with E-state index >= 15 is 0 Å².